The van der Waals surface area contributed by atoms with Crippen molar-refractivity contribution in [2.45, 2.75) is 66.0 Å². The van der Waals surface area contributed by atoms with Gasteiger partial charge < -0.3 is 10.2 Å². The number of aromatic nitrogens is 1. The van der Waals surface area contributed by atoms with Crippen molar-refractivity contribution < 1.29 is 0 Å². The van der Waals surface area contributed by atoms with Crippen LogP contribution in [0.1, 0.15) is 58.9 Å². The summed E-state index contributed by atoms with van der Waals surface area (Å²) in [7, 11) is 0. The highest BCUT2D eigenvalue weighted by Crippen LogP contribution is 2.20. The molecule has 0 amide bonds. The molecular weight excluding hydrogens is 246 g/mol. The Balaban J connectivity index is 2.77. The van der Waals surface area contributed by atoms with E-state index in [1.165, 1.54) is 31.2 Å². The van der Waals surface area contributed by atoms with Gasteiger partial charge in [-0.05, 0) is 39.3 Å². The van der Waals surface area contributed by atoms with Crippen LogP contribution in [-0.2, 0) is 6.54 Å². The molecular formula is C17H31N3. The van der Waals surface area contributed by atoms with Crippen molar-refractivity contribution in [3.63, 3.8) is 0 Å². The molecule has 3 heteroatoms. The van der Waals surface area contributed by atoms with Crippen LogP contribution in [0.2, 0.25) is 0 Å². The zero-order valence-electron chi connectivity index (χ0n) is 13.7. The average Bonchev–Trinajstić information content (AvgIpc) is 2.44. The van der Waals surface area contributed by atoms with E-state index in [-0.39, 0.29) is 0 Å². The van der Waals surface area contributed by atoms with Gasteiger partial charge in [0.05, 0.1) is 0 Å². The third kappa shape index (κ3) is 5.49. The fraction of sp³-hybridized carbons (Fsp3) is 0.706. The van der Waals surface area contributed by atoms with Gasteiger partial charge in [0.15, 0.2) is 0 Å². The lowest BCUT2D eigenvalue weighted by Gasteiger charge is -2.30. The number of rotatable bonds is 10. The molecule has 0 spiro atoms. The van der Waals surface area contributed by atoms with E-state index in [0.717, 1.165) is 25.5 Å². The van der Waals surface area contributed by atoms with Crippen LogP contribution < -0.4 is 10.2 Å². The minimum atomic E-state index is 0.492. The van der Waals surface area contributed by atoms with E-state index in [4.69, 9.17) is 0 Å². The molecule has 0 saturated heterocycles. The van der Waals surface area contributed by atoms with E-state index in [2.05, 4.69) is 49.0 Å². The van der Waals surface area contributed by atoms with E-state index in [0.29, 0.717) is 6.04 Å². The molecule has 0 aliphatic heterocycles. The average molecular weight is 277 g/mol. The van der Waals surface area contributed by atoms with Crippen molar-refractivity contribution in [2.75, 3.05) is 18.0 Å². The Morgan fingerprint density at radius 1 is 1.20 bits per heavy atom. The third-order valence-electron chi connectivity index (χ3n) is 3.51. The molecule has 1 rings (SSSR count). The van der Waals surface area contributed by atoms with Gasteiger partial charge >= 0.3 is 0 Å². The second-order valence-electron chi connectivity index (χ2n) is 5.66. The standard InChI is InChI=1S/C17H31N3/c1-5-7-8-13-20(15(3)4)17-16(10-9-12-19-17)14-18-11-6-2/h9-10,12,15,18H,5-8,11,13-14H2,1-4H3. The molecule has 0 aliphatic rings. The van der Waals surface area contributed by atoms with Gasteiger partial charge in [-0.3, -0.25) is 0 Å². The molecule has 1 heterocycles. The molecule has 20 heavy (non-hydrogen) atoms. The predicted molar refractivity (Wildman–Crippen MR) is 88.2 cm³/mol. The Morgan fingerprint density at radius 2 is 2.00 bits per heavy atom. The summed E-state index contributed by atoms with van der Waals surface area (Å²) in [6, 6.07) is 4.73. The van der Waals surface area contributed by atoms with Crippen LogP contribution in [0.25, 0.3) is 0 Å². The van der Waals surface area contributed by atoms with Crippen LogP contribution in [0, 0.1) is 0 Å². The Morgan fingerprint density at radius 3 is 2.65 bits per heavy atom. The van der Waals surface area contributed by atoms with E-state index in [1.54, 1.807) is 0 Å². The van der Waals surface area contributed by atoms with Crippen molar-refractivity contribution in [1.29, 1.82) is 0 Å². The summed E-state index contributed by atoms with van der Waals surface area (Å²) >= 11 is 0. The van der Waals surface area contributed by atoms with E-state index in [1.807, 2.05) is 12.3 Å². The smallest absolute Gasteiger partial charge is 0.133 e. The molecule has 0 atom stereocenters. The minimum Gasteiger partial charge on any atom is -0.354 e. The van der Waals surface area contributed by atoms with Gasteiger partial charge in [-0.15, -0.1) is 0 Å². The van der Waals surface area contributed by atoms with Gasteiger partial charge in [-0.25, -0.2) is 4.98 Å². The molecule has 0 radical (unpaired) electrons. The Hall–Kier alpha value is -1.09. The quantitative estimate of drug-likeness (QED) is 0.656. The van der Waals surface area contributed by atoms with Gasteiger partial charge in [-0.2, -0.15) is 0 Å². The van der Waals surface area contributed by atoms with E-state index in [9.17, 15) is 0 Å². The number of nitrogens with zero attached hydrogens (tertiary/aromatic N) is 2. The molecule has 3 nitrogen and oxygen atoms in total. The van der Waals surface area contributed by atoms with Crippen molar-refractivity contribution >= 4 is 5.82 Å². The Bertz CT molecular complexity index is 363. The number of hydrogen-bond donors (Lipinski definition) is 1. The Labute approximate surface area is 124 Å². The zero-order valence-corrected chi connectivity index (χ0v) is 13.7. The molecule has 1 aromatic heterocycles. The normalized spacial score (nSPS) is 11.1. The zero-order chi connectivity index (χ0) is 14.8. The molecule has 0 aromatic carbocycles. The fourth-order valence-corrected chi connectivity index (χ4v) is 2.37. The van der Waals surface area contributed by atoms with Crippen LogP contribution in [0.3, 0.4) is 0 Å². The first kappa shape index (κ1) is 17.0. The number of unbranched alkanes of at least 4 members (excludes halogenated alkanes) is 2. The monoisotopic (exact) mass is 277 g/mol. The highest BCUT2D eigenvalue weighted by molar-refractivity contribution is 5.47. The minimum absolute atomic E-state index is 0.492. The molecule has 114 valence electrons. The number of pyridine rings is 1. The van der Waals surface area contributed by atoms with Crippen LogP contribution >= 0.6 is 0 Å². The summed E-state index contributed by atoms with van der Waals surface area (Å²) in [5, 5.41) is 3.49. The lowest BCUT2D eigenvalue weighted by Crippen LogP contribution is -2.34. The summed E-state index contributed by atoms with van der Waals surface area (Å²) in [5.74, 6) is 1.15. The van der Waals surface area contributed by atoms with Crippen LogP contribution in [0.15, 0.2) is 18.3 Å². The van der Waals surface area contributed by atoms with Crippen molar-refractivity contribution in [3.05, 3.63) is 23.9 Å². The SMILES string of the molecule is CCCCCN(c1ncccc1CNCCC)C(C)C. The lowest BCUT2D eigenvalue weighted by molar-refractivity contribution is 0.611. The Kier molecular flexibility index (Phi) is 8.28. The molecule has 1 aromatic rings. The molecule has 0 unspecified atom stereocenters. The number of nitrogens with one attached hydrogen (secondary N) is 1. The lowest BCUT2D eigenvalue weighted by atomic mass is 10.1. The maximum atomic E-state index is 4.64. The van der Waals surface area contributed by atoms with Crippen molar-refractivity contribution in [2.24, 2.45) is 0 Å². The first-order valence-corrected chi connectivity index (χ1v) is 8.11. The fourth-order valence-electron chi connectivity index (χ4n) is 2.37. The summed E-state index contributed by atoms with van der Waals surface area (Å²) in [6.45, 7) is 12.0. The molecule has 0 saturated carbocycles. The van der Waals surface area contributed by atoms with E-state index >= 15 is 0 Å². The van der Waals surface area contributed by atoms with Crippen LogP contribution in [0.4, 0.5) is 5.82 Å². The summed E-state index contributed by atoms with van der Waals surface area (Å²) in [5.41, 5.74) is 1.31. The van der Waals surface area contributed by atoms with Gasteiger partial charge in [0.2, 0.25) is 0 Å². The van der Waals surface area contributed by atoms with Crippen LogP contribution in [0.5, 0.6) is 0 Å². The molecule has 1 N–H and O–H groups in total. The van der Waals surface area contributed by atoms with Crippen molar-refractivity contribution in [1.82, 2.24) is 10.3 Å². The molecule has 0 bridgehead atoms. The van der Waals surface area contributed by atoms with Gasteiger partial charge in [0, 0.05) is 30.9 Å². The maximum absolute atomic E-state index is 4.64. The van der Waals surface area contributed by atoms with Crippen LogP contribution in [-0.4, -0.2) is 24.1 Å². The predicted octanol–water partition coefficient (Wildman–Crippen LogP) is 3.99. The second-order valence-corrected chi connectivity index (χ2v) is 5.66. The van der Waals surface area contributed by atoms with Crippen molar-refractivity contribution in [3.8, 4) is 0 Å². The van der Waals surface area contributed by atoms with Gasteiger partial charge in [0.25, 0.3) is 0 Å². The second kappa shape index (κ2) is 9.76. The first-order chi connectivity index (χ1) is 9.70. The number of anilines is 1. The largest absolute Gasteiger partial charge is 0.354 e. The summed E-state index contributed by atoms with van der Waals surface area (Å²) in [4.78, 5) is 7.09. The molecule has 0 fully saturated rings. The third-order valence-corrected chi connectivity index (χ3v) is 3.51. The maximum Gasteiger partial charge on any atom is 0.133 e. The summed E-state index contributed by atoms with van der Waals surface area (Å²) < 4.78 is 0. The first-order valence-electron chi connectivity index (χ1n) is 8.11. The number of hydrogen-bond acceptors (Lipinski definition) is 3. The topological polar surface area (TPSA) is 28.2 Å². The molecule has 0 aliphatic carbocycles. The van der Waals surface area contributed by atoms with E-state index < -0.39 is 0 Å². The summed E-state index contributed by atoms with van der Waals surface area (Å²) in [6.07, 6.45) is 6.87. The van der Waals surface area contributed by atoms with Gasteiger partial charge in [-0.1, -0.05) is 32.8 Å². The highest BCUT2D eigenvalue weighted by Gasteiger charge is 2.14. The van der Waals surface area contributed by atoms with Gasteiger partial charge in [0.1, 0.15) is 5.82 Å². The highest BCUT2D eigenvalue weighted by atomic mass is 15.2.